The Morgan fingerprint density at radius 2 is 2.40 bits per heavy atom. The molecule has 0 spiro atoms. The number of nitrogens with zero attached hydrogens (tertiary/aromatic N) is 2. The van der Waals surface area contributed by atoms with Gasteiger partial charge in [0, 0.05) is 18.0 Å². The van der Waals surface area contributed by atoms with Crippen LogP contribution in [0.2, 0.25) is 0 Å². The van der Waals surface area contributed by atoms with Gasteiger partial charge >= 0.3 is 0 Å². The molecule has 0 radical (unpaired) electrons. The van der Waals surface area contributed by atoms with Crippen molar-refractivity contribution in [1.29, 1.82) is 0 Å². The van der Waals surface area contributed by atoms with Gasteiger partial charge in [-0.15, -0.1) is 11.3 Å². The van der Waals surface area contributed by atoms with Gasteiger partial charge in [-0.05, 0) is 22.0 Å². The van der Waals surface area contributed by atoms with Crippen molar-refractivity contribution in [3.63, 3.8) is 0 Å². The molecule has 0 saturated carbocycles. The van der Waals surface area contributed by atoms with Crippen LogP contribution in [0.15, 0.2) is 22.1 Å². The number of hydrogen-bond donors (Lipinski definition) is 1. The highest BCUT2D eigenvalue weighted by atomic mass is 79.9. The molecule has 2 heterocycles. The van der Waals surface area contributed by atoms with Gasteiger partial charge in [-0.25, -0.2) is 0 Å². The molecule has 0 bridgehead atoms. The maximum absolute atomic E-state index is 11.0. The Balaban J connectivity index is 2.50. The van der Waals surface area contributed by atoms with Crippen LogP contribution in [-0.4, -0.2) is 15.7 Å². The third-order valence-corrected chi connectivity index (χ3v) is 3.53. The fraction of sp³-hybridized carbons (Fsp3) is 0.111. The number of primary amides is 1. The van der Waals surface area contributed by atoms with Crippen molar-refractivity contribution in [3.05, 3.63) is 27.0 Å². The minimum Gasteiger partial charge on any atom is -0.365 e. The highest BCUT2D eigenvalue weighted by Crippen LogP contribution is 2.30. The number of carbonyl (C=O) groups is 1. The van der Waals surface area contributed by atoms with Crippen LogP contribution in [0.3, 0.4) is 0 Å². The molecule has 0 atom stereocenters. The number of thiophene rings is 1. The van der Waals surface area contributed by atoms with E-state index < -0.39 is 5.91 Å². The lowest BCUT2D eigenvalue weighted by Gasteiger charge is -1.98. The largest absolute Gasteiger partial charge is 0.365 e. The molecule has 15 heavy (non-hydrogen) atoms. The Kier molecular flexibility index (Phi) is 2.62. The van der Waals surface area contributed by atoms with Crippen molar-refractivity contribution >= 4 is 33.2 Å². The van der Waals surface area contributed by atoms with E-state index >= 15 is 0 Å². The number of halogens is 1. The monoisotopic (exact) mass is 285 g/mol. The summed E-state index contributed by atoms with van der Waals surface area (Å²) < 4.78 is 2.65. The smallest absolute Gasteiger partial charge is 0.258 e. The van der Waals surface area contributed by atoms with Crippen LogP contribution in [0.4, 0.5) is 0 Å². The van der Waals surface area contributed by atoms with E-state index in [1.165, 1.54) is 11.3 Å². The first kappa shape index (κ1) is 10.4. The van der Waals surface area contributed by atoms with Crippen LogP contribution in [0.5, 0.6) is 0 Å². The van der Waals surface area contributed by atoms with Crippen molar-refractivity contribution < 1.29 is 4.79 Å². The van der Waals surface area contributed by atoms with Crippen LogP contribution >= 0.6 is 27.3 Å². The maximum atomic E-state index is 11.0. The molecule has 0 aliphatic rings. The molecular weight excluding hydrogens is 278 g/mol. The number of aryl methyl sites for hydroxylation is 1. The van der Waals surface area contributed by atoms with E-state index in [-0.39, 0.29) is 0 Å². The standard InChI is InChI=1S/C9H8BrN3OS/c1-13-8(6(10)3-12-13)5-2-7(9(11)14)15-4-5/h2-4H,1H3,(H2,11,14). The Bertz CT molecular complexity index is 498. The third-order valence-electron chi connectivity index (χ3n) is 2.01. The lowest BCUT2D eigenvalue weighted by Crippen LogP contribution is -2.08. The Morgan fingerprint density at radius 3 is 2.87 bits per heavy atom. The summed E-state index contributed by atoms with van der Waals surface area (Å²) in [5.74, 6) is -0.399. The van der Waals surface area contributed by atoms with E-state index in [9.17, 15) is 4.79 Å². The molecule has 2 rings (SSSR count). The van der Waals surface area contributed by atoms with E-state index in [2.05, 4.69) is 21.0 Å². The van der Waals surface area contributed by atoms with E-state index in [0.717, 1.165) is 15.7 Å². The van der Waals surface area contributed by atoms with E-state index in [1.807, 2.05) is 12.4 Å². The number of hydrogen-bond acceptors (Lipinski definition) is 3. The SMILES string of the molecule is Cn1ncc(Br)c1-c1csc(C(N)=O)c1. The molecule has 78 valence electrons. The molecule has 6 heteroatoms. The third kappa shape index (κ3) is 1.82. The second-order valence-corrected chi connectivity index (χ2v) is 4.79. The molecule has 0 aromatic carbocycles. The Hall–Kier alpha value is -1.14. The minimum atomic E-state index is -0.399. The van der Waals surface area contributed by atoms with Crippen molar-refractivity contribution in [2.75, 3.05) is 0 Å². The van der Waals surface area contributed by atoms with Crippen LogP contribution < -0.4 is 5.73 Å². The second kappa shape index (κ2) is 3.79. The first-order valence-corrected chi connectivity index (χ1v) is 5.83. The second-order valence-electron chi connectivity index (χ2n) is 3.03. The number of rotatable bonds is 2. The van der Waals surface area contributed by atoms with Gasteiger partial charge in [-0.1, -0.05) is 0 Å². The van der Waals surface area contributed by atoms with Crippen LogP contribution in [-0.2, 0) is 7.05 Å². The number of carbonyl (C=O) groups excluding carboxylic acids is 1. The quantitative estimate of drug-likeness (QED) is 0.918. The summed E-state index contributed by atoms with van der Waals surface area (Å²) in [5, 5.41) is 6.00. The summed E-state index contributed by atoms with van der Waals surface area (Å²) in [4.78, 5) is 11.5. The fourth-order valence-corrected chi connectivity index (χ4v) is 2.65. The lowest BCUT2D eigenvalue weighted by atomic mass is 10.2. The van der Waals surface area contributed by atoms with Gasteiger partial charge in [-0.2, -0.15) is 5.10 Å². The van der Waals surface area contributed by atoms with Gasteiger partial charge in [0.1, 0.15) is 0 Å². The topological polar surface area (TPSA) is 60.9 Å². The van der Waals surface area contributed by atoms with Crippen LogP contribution in [0.25, 0.3) is 11.3 Å². The fourth-order valence-electron chi connectivity index (χ4n) is 1.33. The molecule has 0 aliphatic heterocycles. The van der Waals surface area contributed by atoms with Crippen LogP contribution in [0.1, 0.15) is 9.67 Å². The lowest BCUT2D eigenvalue weighted by molar-refractivity contribution is 0.100. The highest BCUT2D eigenvalue weighted by molar-refractivity contribution is 9.10. The van der Waals surface area contributed by atoms with Gasteiger partial charge in [0.05, 0.1) is 21.2 Å². The molecule has 0 saturated heterocycles. The Morgan fingerprint density at radius 1 is 1.67 bits per heavy atom. The Labute approximate surface area is 98.8 Å². The van der Waals surface area contributed by atoms with Crippen LogP contribution in [0, 0.1) is 0 Å². The van der Waals surface area contributed by atoms with Crippen molar-refractivity contribution in [2.45, 2.75) is 0 Å². The average Bonchev–Trinajstić information content (AvgIpc) is 2.73. The first-order chi connectivity index (χ1) is 7.09. The van der Waals surface area contributed by atoms with Crippen molar-refractivity contribution in [1.82, 2.24) is 9.78 Å². The molecule has 2 N–H and O–H groups in total. The van der Waals surface area contributed by atoms with Gasteiger partial charge in [-0.3, -0.25) is 9.48 Å². The van der Waals surface area contributed by atoms with Gasteiger partial charge in [0.25, 0.3) is 5.91 Å². The van der Waals surface area contributed by atoms with Gasteiger partial charge in [0.2, 0.25) is 0 Å². The number of nitrogens with two attached hydrogens (primary N) is 1. The highest BCUT2D eigenvalue weighted by Gasteiger charge is 2.12. The predicted octanol–water partition coefficient (Wildman–Crippen LogP) is 2.01. The van der Waals surface area contributed by atoms with Crippen molar-refractivity contribution in [3.8, 4) is 11.3 Å². The molecule has 0 aliphatic carbocycles. The number of aromatic nitrogens is 2. The summed E-state index contributed by atoms with van der Waals surface area (Å²) in [6, 6.07) is 1.77. The molecule has 0 fully saturated rings. The first-order valence-electron chi connectivity index (χ1n) is 4.16. The zero-order valence-electron chi connectivity index (χ0n) is 7.90. The zero-order chi connectivity index (χ0) is 11.0. The van der Waals surface area contributed by atoms with E-state index in [1.54, 1.807) is 16.9 Å². The van der Waals surface area contributed by atoms with E-state index in [4.69, 9.17) is 5.73 Å². The van der Waals surface area contributed by atoms with Gasteiger partial charge < -0.3 is 5.73 Å². The summed E-state index contributed by atoms with van der Waals surface area (Å²) >= 11 is 4.74. The minimum absolute atomic E-state index is 0.399. The zero-order valence-corrected chi connectivity index (χ0v) is 10.3. The molecule has 2 aromatic heterocycles. The number of amides is 1. The molecule has 2 aromatic rings. The normalized spacial score (nSPS) is 10.5. The predicted molar refractivity (Wildman–Crippen MR) is 62.7 cm³/mol. The summed E-state index contributed by atoms with van der Waals surface area (Å²) in [5.41, 5.74) is 7.08. The molecule has 0 unspecified atom stereocenters. The summed E-state index contributed by atoms with van der Waals surface area (Å²) in [6.45, 7) is 0. The van der Waals surface area contributed by atoms with Crippen molar-refractivity contribution in [2.24, 2.45) is 12.8 Å². The molecule has 1 amide bonds. The summed E-state index contributed by atoms with van der Waals surface area (Å²) in [6.07, 6.45) is 1.72. The average molecular weight is 286 g/mol. The maximum Gasteiger partial charge on any atom is 0.258 e. The van der Waals surface area contributed by atoms with Gasteiger partial charge in [0.15, 0.2) is 0 Å². The summed E-state index contributed by atoms with van der Waals surface area (Å²) in [7, 11) is 1.85. The molecular formula is C9H8BrN3OS. The van der Waals surface area contributed by atoms with E-state index in [0.29, 0.717) is 4.88 Å². The molecule has 4 nitrogen and oxygen atoms in total.